The maximum atomic E-state index is 12.6. The Labute approximate surface area is 117 Å². The van der Waals surface area contributed by atoms with Crippen molar-refractivity contribution in [2.75, 3.05) is 6.54 Å². The third kappa shape index (κ3) is 3.24. The molecule has 1 rings (SSSR count). The molecule has 0 fully saturated rings. The first kappa shape index (κ1) is 15.9. The molecule has 0 heterocycles. The predicted octanol–water partition coefficient (Wildman–Crippen LogP) is 3.93. The minimum absolute atomic E-state index is 0.113. The molecule has 0 atom stereocenters. The molecule has 0 aliphatic carbocycles. The molecule has 0 spiro atoms. The smallest absolute Gasteiger partial charge is 0.170 e. The standard InChI is InChI=1S/C17H27NO/c1-6-17(7-2,12-18)15(19)13-8-10-14(11-9-13)16(3,4)5/h8-11H,6-7,12,18H2,1-5H3. The molecule has 0 aliphatic heterocycles. The Morgan fingerprint density at radius 2 is 1.53 bits per heavy atom. The minimum Gasteiger partial charge on any atom is -0.329 e. The molecule has 1 aromatic rings. The van der Waals surface area contributed by atoms with Crippen LogP contribution in [0.5, 0.6) is 0 Å². The van der Waals surface area contributed by atoms with E-state index in [1.54, 1.807) is 0 Å². The summed E-state index contributed by atoms with van der Waals surface area (Å²) >= 11 is 0. The second kappa shape index (κ2) is 5.87. The SMILES string of the molecule is CCC(CC)(CN)C(=O)c1ccc(C(C)(C)C)cc1. The fourth-order valence-corrected chi connectivity index (χ4v) is 2.38. The molecule has 0 radical (unpaired) electrons. The number of Topliss-reactive ketones (excluding diaryl/α,β-unsaturated/α-hetero) is 1. The highest BCUT2D eigenvalue weighted by Gasteiger charge is 2.33. The number of rotatable bonds is 5. The van der Waals surface area contributed by atoms with Crippen molar-refractivity contribution in [2.45, 2.75) is 52.9 Å². The lowest BCUT2D eigenvalue weighted by Crippen LogP contribution is -2.37. The summed E-state index contributed by atoms with van der Waals surface area (Å²) in [7, 11) is 0. The maximum Gasteiger partial charge on any atom is 0.170 e. The van der Waals surface area contributed by atoms with Crippen molar-refractivity contribution in [2.24, 2.45) is 11.1 Å². The van der Waals surface area contributed by atoms with Gasteiger partial charge in [0.2, 0.25) is 0 Å². The van der Waals surface area contributed by atoms with Gasteiger partial charge < -0.3 is 5.73 Å². The van der Waals surface area contributed by atoms with Crippen LogP contribution in [0, 0.1) is 5.41 Å². The predicted molar refractivity (Wildman–Crippen MR) is 81.5 cm³/mol. The maximum absolute atomic E-state index is 12.6. The number of hydrogen-bond donors (Lipinski definition) is 1. The van der Waals surface area contributed by atoms with Gasteiger partial charge in [0.05, 0.1) is 0 Å². The van der Waals surface area contributed by atoms with Crippen molar-refractivity contribution in [3.63, 3.8) is 0 Å². The van der Waals surface area contributed by atoms with E-state index in [2.05, 4.69) is 32.9 Å². The molecule has 19 heavy (non-hydrogen) atoms. The van der Waals surface area contributed by atoms with Gasteiger partial charge in [-0.25, -0.2) is 0 Å². The molecule has 0 amide bonds. The minimum atomic E-state index is -0.400. The van der Waals surface area contributed by atoms with Crippen molar-refractivity contribution in [1.29, 1.82) is 0 Å². The van der Waals surface area contributed by atoms with Gasteiger partial charge >= 0.3 is 0 Å². The first-order valence-corrected chi connectivity index (χ1v) is 7.16. The zero-order valence-electron chi connectivity index (χ0n) is 12.9. The van der Waals surface area contributed by atoms with E-state index in [1.807, 2.05) is 26.0 Å². The third-order valence-electron chi connectivity index (χ3n) is 4.24. The fourth-order valence-electron chi connectivity index (χ4n) is 2.38. The van der Waals surface area contributed by atoms with E-state index >= 15 is 0 Å². The van der Waals surface area contributed by atoms with Crippen LogP contribution in [-0.2, 0) is 5.41 Å². The van der Waals surface area contributed by atoms with Crippen molar-refractivity contribution in [3.8, 4) is 0 Å². The number of hydrogen-bond acceptors (Lipinski definition) is 2. The monoisotopic (exact) mass is 261 g/mol. The summed E-state index contributed by atoms with van der Waals surface area (Å²) in [5.74, 6) is 0.181. The quantitative estimate of drug-likeness (QED) is 0.816. The lowest BCUT2D eigenvalue weighted by Gasteiger charge is -2.28. The Hall–Kier alpha value is -1.15. The average Bonchev–Trinajstić information content (AvgIpc) is 2.40. The summed E-state index contributed by atoms with van der Waals surface area (Å²) < 4.78 is 0. The summed E-state index contributed by atoms with van der Waals surface area (Å²) in [5.41, 5.74) is 7.58. The van der Waals surface area contributed by atoms with Crippen molar-refractivity contribution < 1.29 is 4.79 Å². The van der Waals surface area contributed by atoms with Crippen LogP contribution in [0.25, 0.3) is 0 Å². The lowest BCUT2D eigenvalue weighted by atomic mass is 9.75. The van der Waals surface area contributed by atoms with Gasteiger partial charge in [-0.15, -0.1) is 0 Å². The Morgan fingerprint density at radius 1 is 1.05 bits per heavy atom. The van der Waals surface area contributed by atoms with Crippen LogP contribution in [0.1, 0.15) is 63.4 Å². The molecule has 2 heteroatoms. The van der Waals surface area contributed by atoms with Gasteiger partial charge in [-0.3, -0.25) is 4.79 Å². The molecule has 0 unspecified atom stereocenters. The van der Waals surface area contributed by atoms with Crippen LogP contribution in [0.3, 0.4) is 0 Å². The summed E-state index contributed by atoms with van der Waals surface area (Å²) in [6, 6.07) is 8.00. The van der Waals surface area contributed by atoms with E-state index in [-0.39, 0.29) is 11.2 Å². The van der Waals surface area contributed by atoms with Crippen LogP contribution in [0.4, 0.5) is 0 Å². The van der Waals surface area contributed by atoms with Gasteiger partial charge in [0, 0.05) is 17.5 Å². The van der Waals surface area contributed by atoms with Gasteiger partial charge in [0.25, 0.3) is 0 Å². The third-order valence-corrected chi connectivity index (χ3v) is 4.24. The molecule has 0 aliphatic rings. The molecule has 0 aromatic heterocycles. The number of carbonyl (C=O) groups is 1. The van der Waals surface area contributed by atoms with E-state index in [0.29, 0.717) is 6.54 Å². The van der Waals surface area contributed by atoms with Crippen molar-refractivity contribution >= 4 is 5.78 Å². The second-order valence-corrected chi connectivity index (χ2v) is 6.35. The number of ketones is 1. The highest BCUT2D eigenvalue weighted by Crippen LogP contribution is 2.30. The summed E-state index contributed by atoms with van der Waals surface area (Å²) in [6.45, 7) is 11.0. The molecule has 1 aromatic carbocycles. The fraction of sp³-hybridized carbons (Fsp3) is 0.588. The molecular weight excluding hydrogens is 234 g/mol. The van der Waals surface area contributed by atoms with Gasteiger partial charge in [-0.05, 0) is 23.8 Å². The Balaban J connectivity index is 3.07. The molecule has 2 N–H and O–H groups in total. The first-order valence-electron chi connectivity index (χ1n) is 7.16. The number of carbonyl (C=O) groups excluding carboxylic acids is 1. The van der Waals surface area contributed by atoms with Gasteiger partial charge in [0.1, 0.15) is 0 Å². The zero-order chi connectivity index (χ0) is 14.7. The molecule has 0 saturated heterocycles. The van der Waals surface area contributed by atoms with Gasteiger partial charge in [0.15, 0.2) is 5.78 Å². The zero-order valence-corrected chi connectivity index (χ0v) is 12.9. The molecule has 2 nitrogen and oxygen atoms in total. The molecular formula is C17H27NO. The second-order valence-electron chi connectivity index (χ2n) is 6.35. The highest BCUT2D eigenvalue weighted by atomic mass is 16.1. The Kier molecular flexibility index (Phi) is 4.92. The first-order chi connectivity index (χ1) is 8.80. The van der Waals surface area contributed by atoms with E-state index in [1.165, 1.54) is 5.56 Å². The summed E-state index contributed by atoms with van der Waals surface area (Å²) in [6.07, 6.45) is 1.58. The van der Waals surface area contributed by atoms with Crippen LogP contribution in [-0.4, -0.2) is 12.3 Å². The Morgan fingerprint density at radius 3 is 1.84 bits per heavy atom. The highest BCUT2D eigenvalue weighted by molar-refractivity contribution is 6.00. The van der Waals surface area contributed by atoms with E-state index in [9.17, 15) is 4.79 Å². The lowest BCUT2D eigenvalue weighted by molar-refractivity contribution is 0.0787. The molecule has 106 valence electrons. The number of nitrogens with two attached hydrogens (primary N) is 1. The van der Waals surface area contributed by atoms with Crippen molar-refractivity contribution in [1.82, 2.24) is 0 Å². The normalized spacial score (nSPS) is 12.5. The van der Waals surface area contributed by atoms with Crippen LogP contribution in [0.15, 0.2) is 24.3 Å². The van der Waals surface area contributed by atoms with E-state index < -0.39 is 5.41 Å². The van der Waals surface area contributed by atoms with Gasteiger partial charge in [-0.1, -0.05) is 58.9 Å². The number of benzene rings is 1. The summed E-state index contributed by atoms with van der Waals surface area (Å²) in [5, 5.41) is 0. The van der Waals surface area contributed by atoms with E-state index in [4.69, 9.17) is 5.73 Å². The topological polar surface area (TPSA) is 43.1 Å². The van der Waals surface area contributed by atoms with Crippen LogP contribution >= 0.6 is 0 Å². The van der Waals surface area contributed by atoms with Crippen LogP contribution in [0.2, 0.25) is 0 Å². The van der Waals surface area contributed by atoms with E-state index in [0.717, 1.165) is 18.4 Å². The van der Waals surface area contributed by atoms with Gasteiger partial charge in [-0.2, -0.15) is 0 Å². The Bertz CT molecular complexity index is 413. The molecule has 0 bridgehead atoms. The van der Waals surface area contributed by atoms with Crippen LogP contribution < -0.4 is 5.73 Å². The average molecular weight is 261 g/mol. The largest absolute Gasteiger partial charge is 0.329 e. The van der Waals surface area contributed by atoms with Crippen molar-refractivity contribution in [3.05, 3.63) is 35.4 Å². The molecule has 0 saturated carbocycles. The summed E-state index contributed by atoms with van der Waals surface area (Å²) in [4.78, 5) is 12.6.